The van der Waals surface area contributed by atoms with Gasteiger partial charge in [-0.2, -0.15) is 0 Å². The number of methoxy groups -OCH3 is 1. The molecule has 34 heavy (non-hydrogen) atoms. The van der Waals surface area contributed by atoms with Crippen molar-refractivity contribution in [2.45, 2.75) is 0 Å². The summed E-state index contributed by atoms with van der Waals surface area (Å²) in [6.45, 7) is 0. The maximum atomic E-state index is 12.9. The zero-order valence-corrected chi connectivity index (χ0v) is 18.0. The highest BCUT2D eigenvalue weighted by molar-refractivity contribution is 6.30. The number of nitrogens with one attached hydrogen (secondary N) is 2. The fourth-order valence-electron chi connectivity index (χ4n) is 2.77. The van der Waals surface area contributed by atoms with Crippen LogP contribution in [0.5, 0.6) is 5.75 Å². The number of ether oxygens (including phenoxy) is 1. The Kier molecular flexibility index (Phi) is 7.02. The minimum Gasteiger partial charge on any atom is -0.497 e. The summed E-state index contributed by atoms with van der Waals surface area (Å²) in [6.07, 6.45) is 0. The normalized spacial score (nSPS) is 10.3. The number of carbonyl (C=O) groups is 2. The van der Waals surface area contributed by atoms with Crippen molar-refractivity contribution in [3.05, 3.63) is 97.5 Å². The molecule has 2 heterocycles. The third-order valence-corrected chi connectivity index (χ3v) is 4.66. The van der Waals surface area contributed by atoms with Crippen LogP contribution in [0.1, 0.15) is 21.0 Å². The summed E-state index contributed by atoms with van der Waals surface area (Å²) in [5.74, 6) is -2.47. The van der Waals surface area contributed by atoms with Gasteiger partial charge in [0.25, 0.3) is 11.1 Å². The Labute approximate surface area is 194 Å². The lowest BCUT2D eigenvalue weighted by atomic mass is 10.3. The molecule has 4 aromatic rings. The van der Waals surface area contributed by atoms with Gasteiger partial charge in [-0.05, 0) is 30.3 Å². The second kappa shape index (κ2) is 9.92. The molecular formula is C21H16ClFN4O7. The quantitative estimate of drug-likeness (QED) is 0.334. The zero-order valence-electron chi connectivity index (χ0n) is 17.3. The Hall–Kier alpha value is -4.58. The highest BCUT2D eigenvalue weighted by Crippen LogP contribution is 2.17. The standard InChI is InChI=1S/C11H10N2O4.C10H6ClFN2O3/c1-17-8-4-2-3-7(5-8)13-10(14)6-9(12-13)11(15)16;11-6-3-5(1-2-7(6)12)14-9(15)4-8(13-14)10(16)17/h2-6,12H,1H3,(H,15,16);1-4,13H,(H,16,17). The minimum absolute atomic E-state index is 0.152. The van der Waals surface area contributed by atoms with Crippen LogP contribution in [0.3, 0.4) is 0 Å². The first-order valence-corrected chi connectivity index (χ1v) is 9.69. The molecule has 0 aliphatic rings. The van der Waals surface area contributed by atoms with E-state index in [-0.39, 0.29) is 22.1 Å². The van der Waals surface area contributed by atoms with E-state index >= 15 is 0 Å². The number of nitrogens with zero attached hydrogens (tertiary/aromatic N) is 2. The monoisotopic (exact) mass is 490 g/mol. The molecule has 2 aromatic carbocycles. The molecule has 0 aliphatic heterocycles. The molecule has 2 aromatic heterocycles. The van der Waals surface area contributed by atoms with Gasteiger partial charge in [-0.15, -0.1) is 0 Å². The van der Waals surface area contributed by atoms with E-state index in [4.69, 9.17) is 26.6 Å². The number of benzene rings is 2. The third kappa shape index (κ3) is 5.24. The molecule has 0 spiro atoms. The van der Waals surface area contributed by atoms with Crippen LogP contribution in [-0.2, 0) is 0 Å². The molecule has 0 amide bonds. The van der Waals surface area contributed by atoms with Gasteiger partial charge in [-0.3, -0.25) is 19.8 Å². The molecule has 0 unspecified atom stereocenters. The SMILES string of the molecule is COc1cccc(-n2[nH]c(C(=O)O)cc2=O)c1.O=C(O)c1cc(=O)n(-c2ccc(F)c(Cl)c2)[nH]1. The van der Waals surface area contributed by atoms with Crippen LogP contribution in [0, 0.1) is 5.82 Å². The maximum absolute atomic E-state index is 12.9. The number of H-pyrrole nitrogens is 2. The number of rotatable bonds is 5. The maximum Gasteiger partial charge on any atom is 0.353 e. The molecular weight excluding hydrogens is 475 g/mol. The van der Waals surface area contributed by atoms with Crippen molar-refractivity contribution < 1.29 is 28.9 Å². The van der Waals surface area contributed by atoms with E-state index in [0.29, 0.717) is 11.4 Å². The van der Waals surface area contributed by atoms with Gasteiger partial charge in [0.2, 0.25) is 0 Å². The molecule has 4 rings (SSSR count). The second-order valence-corrected chi connectivity index (χ2v) is 7.00. The van der Waals surface area contributed by atoms with Crippen molar-refractivity contribution in [3.8, 4) is 17.1 Å². The van der Waals surface area contributed by atoms with E-state index in [1.165, 1.54) is 19.2 Å². The molecule has 176 valence electrons. The molecule has 0 bridgehead atoms. The summed E-state index contributed by atoms with van der Waals surface area (Å²) >= 11 is 5.56. The van der Waals surface area contributed by atoms with Gasteiger partial charge in [-0.25, -0.2) is 23.3 Å². The van der Waals surface area contributed by atoms with Crippen molar-refractivity contribution in [1.29, 1.82) is 0 Å². The van der Waals surface area contributed by atoms with Crippen LogP contribution in [0.25, 0.3) is 11.4 Å². The molecule has 0 saturated carbocycles. The summed E-state index contributed by atoms with van der Waals surface area (Å²) in [6, 6.07) is 12.3. The lowest BCUT2D eigenvalue weighted by Crippen LogP contribution is -2.13. The Balaban J connectivity index is 0.000000191. The molecule has 11 nitrogen and oxygen atoms in total. The van der Waals surface area contributed by atoms with Crippen LogP contribution in [0.15, 0.2) is 64.2 Å². The van der Waals surface area contributed by atoms with E-state index in [1.807, 2.05) is 0 Å². The first kappa shape index (κ1) is 24.1. The Morgan fingerprint density at radius 1 is 0.882 bits per heavy atom. The van der Waals surface area contributed by atoms with E-state index in [0.717, 1.165) is 27.6 Å². The molecule has 0 saturated heterocycles. The third-order valence-electron chi connectivity index (χ3n) is 4.37. The van der Waals surface area contributed by atoms with Crippen molar-refractivity contribution in [1.82, 2.24) is 19.6 Å². The van der Waals surface area contributed by atoms with Gasteiger partial charge in [-0.1, -0.05) is 17.7 Å². The summed E-state index contributed by atoms with van der Waals surface area (Å²) in [4.78, 5) is 44.4. The van der Waals surface area contributed by atoms with Crippen molar-refractivity contribution in [3.63, 3.8) is 0 Å². The summed E-state index contributed by atoms with van der Waals surface area (Å²) in [5.41, 5.74) is -0.634. The van der Waals surface area contributed by atoms with E-state index < -0.39 is 28.9 Å². The lowest BCUT2D eigenvalue weighted by molar-refractivity contribution is 0.0679. The zero-order chi connectivity index (χ0) is 25.0. The second-order valence-electron chi connectivity index (χ2n) is 6.60. The predicted octanol–water partition coefficient (Wildman–Crippen LogP) is 2.53. The van der Waals surface area contributed by atoms with Gasteiger partial charge < -0.3 is 14.9 Å². The first-order valence-electron chi connectivity index (χ1n) is 9.31. The number of hydrogen-bond donors (Lipinski definition) is 4. The van der Waals surface area contributed by atoms with E-state index in [9.17, 15) is 23.6 Å². The van der Waals surface area contributed by atoms with E-state index in [2.05, 4.69) is 10.2 Å². The van der Waals surface area contributed by atoms with Crippen molar-refractivity contribution in [2.24, 2.45) is 0 Å². The molecule has 4 N–H and O–H groups in total. The number of carboxylic acids is 2. The topological polar surface area (TPSA) is 159 Å². The predicted molar refractivity (Wildman–Crippen MR) is 118 cm³/mol. The van der Waals surface area contributed by atoms with Crippen LogP contribution in [-0.4, -0.2) is 48.8 Å². The molecule has 0 aliphatic carbocycles. The number of halogens is 2. The van der Waals surface area contributed by atoms with E-state index in [1.54, 1.807) is 24.3 Å². The summed E-state index contributed by atoms with van der Waals surface area (Å²) in [5, 5.41) is 22.2. The highest BCUT2D eigenvalue weighted by atomic mass is 35.5. The highest BCUT2D eigenvalue weighted by Gasteiger charge is 2.12. The fourth-order valence-corrected chi connectivity index (χ4v) is 2.94. The van der Waals surface area contributed by atoms with Crippen molar-refractivity contribution in [2.75, 3.05) is 7.11 Å². The Morgan fingerprint density at radius 3 is 1.85 bits per heavy atom. The van der Waals surface area contributed by atoms with Gasteiger partial charge in [0.15, 0.2) is 0 Å². The Bertz CT molecular complexity index is 1480. The summed E-state index contributed by atoms with van der Waals surface area (Å²) in [7, 11) is 1.51. The van der Waals surface area contributed by atoms with Crippen LogP contribution >= 0.6 is 11.6 Å². The lowest BCUT2D eigenvalue weighted by Gasteiger charge is -2.04. The average Bonchev–Trinajstić information content (AvgIpc) is 3.39. The smallest absolute Gasteiger partial charge is 0.353 e. The number of hydrogen-bond acceptors (Lipinski definition) is 5. The van der Waals surface area contributed by atoms with Crippen LogP contribution < -0.4 is 15.9 Å². The summed E-state index contributed by atoms with van der Waals surface area (Å²) < 4.78 is 20.1. The average molecular weight is 491 g/mol. The van der Waals surface area contributed by atoms with Crippen molar-refractivity contribution >= 4 is 23.5 Å². The minimum atomic E-state index is -1.26. The number of aromatic carboxylic acids is 2. The van der Waals surface area contributed by atoms with Crippen LogP contribution in [0.4, 0.5) is 4.39 Å². The van der Waals surface area contributed by atoms with Gasteiger partial charge >= 0.3 is 11.9 Å². The molecule has 0 fully saturated rings. The molecule has 0 radical (unpaired) electrons. The number of carboxylic acid groups (broad SMARTS) is 2. The first-order chi connectivity index (χ1) is 16.1. The largest absolute Gasteiger partial charge is 0.497 e. The number of aromatic amines is 2. The van der Waals surface area contributed by atoms with Gasteiger partial charge in [0.05, 0.1) is 23.5 Å². The number of aromatic nitrogens is 4. The fraction of sp³-hybridized carbons (Fsp3) is 0.0476. The van der Waals surface area contributed by atoms with Crippen LogP contribution in [0.2, 0.25) is 5.02 Å². The molecule has 13 heteroatoms. The molecule has 0 atom stereocenters. The van der Waals surface area contributed by atoms with Gasteiger partial charge in [0, 0.05) is 18.2 Å². The van der Waals surface area contributed by atoms with Gasteiger partial charge in [0.1, 0.15) is 23.0 Å². The Morgan fingerprint density at radius 2 is 1.41 bits per heavy atom.